The number of imide groups is 1. The highest BCUT2D eigenvalue weighted by Crippen LogP contribution is 2.36. The molecular weight excluding hydrogens is 544 g/mol. The lowest BCUT2D eigenvalue weighted by atomic mass is 10.2. The van der Waals surface area contributed by atoms with Gasteiger partial charge in [0.25, 0.3) is 17.7 Å². The minimum atomic E-state index is -0.740. The van der Waals surface area contributed by atoms with Crippen LogP contribution in [-0.2, 0) is 9.59 Å². The summed E-state index contributed by atoms with van der Waals surface area (Å²) in [6.45, 7) is 0. The number of benzene rings is 3. The predicted octanol–water partition coefficient (Wildman–Crippen LogP) is 6.99. The van der Waals surface area contributed by atoms with Crippen LogP contribution in [0.25, 0.3) is 0 Å². The lowest BCUT2D eigenvalue weighted by Crippen LogP contribution is -2.32. The van der Waals surface area contributed by atoms with Crippen molar-refractivity contribution < 1.29 is 14.4 Å². The van der Waals surface area contributed by atoms with E-state index in [1.54, 1.807) is 24.3 Å². The Bertz CT molecular complexity index is 1370. The molecule has 172 valence electrons. The summed E-state index contributed by atoms with van der Waals surface area (Å²) >= 11 is 30.1. The zero-order valence-corrected chi connectivity index (χ0v) is 20.6. The molecule has 0 aliphatic carbocycles. The number of nitrogens with zero attached hydrogens (tertiary/aromatic N) is 1. The molecule has 2 N–H and O–H groups in total. The Kier molecular flexibility index (Phi) is 7.07. The van der Waals surface area contributed by atoms with Crippen molar-refractivity contribution in [3.63, 3.8) is 0 Å². The van der Waals surface area contributed by atoms with Crippen molar-refractivity contribution in [3.8, 4) is 0 Å². The molecule has 1 aliphatic rings. The van der Waals surface area contributed by atoms with Gasteiger partial charge in [0, 0.05) is 22.0 Å². The summed E-state index contributed by atoms with van der Waals surface area (Å²) in [5, 5.41) is 6.38. The molecule has 0 radical (unpaired) electrons. The summed E-state index contributed by atoms with van der Waals surface area (Å²) in [7, 11) is 0. The SMILES string of the molecule is O=C(Nc1ccc(Cl)c(Cl)c1)c1ccc(NC2=C(Cl)C(=O)N(c3cc(Cl)ccc3Cl)C2=O)cc1. The summed E-state index contributed by atoms with van der Waals surface area (Å²) < 4.78 is 0. The molecule has 3 aromatic rings. The smallest absolute Gasteiger partial charge is 0.283 e. The Labute approximate surface area is 219 Å². The molecule has 0 saturated heterocycles. The van der Waals surface area contributed by atoms with Gasteiger partial charge in [-0.2, -0.15) is 0 Å². The molecule has 0 bridgehead atoms. The van der Waals surface area contributed by atoms with Gasteiger partial charge in [-0.1, -0.05) is 58.0 Å². The molecule has 0 unspecified atom stereocenters. The molecule has 0 spiro atoms. The third kappa shape index (κ3) is 4.87. The first kappa shape index (κ1) is 24.4. The quantitative estimate of drug-likeness (QED) is 0.333. The Balaban J connectivity index is 1.50. The molecule has 0 aromatic heterocycles. The van der Waals surface area contributed by atoms with Crippen molar-refractivity contribution in [2.75, 3.05) is 15.5 Å². The van der Waals surface area contributed by atoms with Crippen molar-refractivity contribution in [1.29, 1.82) is 0 Å². The molecule has 3 amide bonds. The van der Waals surface area contributed by atoms with Crippen LogP contribution in [0.4, 0.5) is 17.1 Å². The first-order chi connectivity index (χ1) is 16.2. The van der Waals surface area contributed by atoms with Gasteiger partial charge in [0.15, 0.2) is 0 Å². The van der Waals surface area contributed by atoms with E-state index in [2.05, 4.69) is 10.6 Å². The minimum absolute atomic E-state index is 0.119. The monoisotopic (exact) mass is 553 g/mol. The number of halogens is 5. The van der Waals surface area contributed by atoms with E-state index in [0.29, 0.717) is 32.0 Å². The zero-order valence-electron chi connectivity index (χ0n) is 16.8. The predicted molar refractivity (Wildman–Crippen MR) is 136 cm³/mol. The van der Waals surface area contributed by atoms with E-state index in [1.807, 2.05) is 0 Å². The highest BCUT2D eigenvalue weighted by molar-refractivity contribution is 6.54. The fourth-order valence-corrected chi connectivity index (χ4v) is 3.99. The van der Waals surface area contributed by atoms with E-state index in [1.165, 1.54) is 36.4 Å². The van der Waals surface area contributed by atoms with Crippen LogP contribution in [0.15, 0.2) is 71.4 Å². The average molecular weight is 556 g/mol. The number of rotatable bonds is 5. The van der Waals surface area contributed by atoms with E-state index in [9.17, 15) is 14.4 Å². The van der Waals surface area contributed by atoms with Gasteiger partial charge in [-0.05, 0) is 60.7 Å². The van der Waals surface area contributed by atoms with Gasteiger partial charge < -0.3 is 10.6 Å². The summed E-state index contributed by atoms with van der Waals surface area (Å²) in [6, 6.07) is 15.3. The van der Waals surface area contributed by atoms with Crippen LogP contribution in [0.5, 0.6) is 0 Å². The average Bonchev–Trinajstić information content (AvgIpc) is 3.01. The second-order valence-corrected chi connectivity index (χ2v) is 9.05. The van der Waals surface area contributed by atoms with Gasteiger partial charge in [-0.15, -0.1) is 0 Å². The van der Waals surface area contributed by atoms with E-state index < -0.39 is 11.8 Å². The lowest BCUT2D eigenvalue weighted by Gasteiger charge is -2.17. The van der Waals surface area contributed by atoms with Gasteiger partial charge in [0.05, 0.1) is 20.8 Å². The number of anilines is 3. The minimum Gasteiger partial charge on any atom is -0.350 e. The molecule has 0 atom stereocenters. The summed E-state index contributed by atoms with van der Waals surface area (Å²) in [5.41, 5.74) is 1.25. The largest absolute Gasteiger partial charge is 0.350 e. The first-order valence-corrected chi connectivity index (χ1v) is 11.4. The molecule has 34 heavy (non-hydrogen) atoms. The second-order valence-electron chi connectivity index (χ2n) is 7.02. The normalized spacial score (nSPS) is 13.5. The maximum absolute atomic E-state index is 12.9. The highest BCUT2D eigenvalue weighted by Gasteiger charge is 2.40. The third-order valence-electron chi connectivity index (χ3n) is 4.77. The molecule has 6 nitrogen and oxygen atoms in total. The van der Waals surface area contributed by atoms with E-state index in [-0.39, 0.29) is 27.3 Å². The van der Waals surface area contributed by atoms with Crippen LogP contribution in [-0.4, -0.2) is 17.7 Å². The molecule has 0 fully saturated rings. The summed E-state index contributed by atoms with van der Waals surface area (Å²) in [5.74, 6) is -1.81. The van der Waals surface area contributed by atoms with Crippen LogP contribution < -0.4 is 15.5 Å². The van der Waals surface area contributed by atoms with Crippen LogP contribution in [0.2, 0.25) is 20.1 Å². The highest BCUT2D eigenvalue weighted by atomic mass is 35.5. The molecule has 11 heteroatoms. The lowest BCUT2D eigenvalue weighted by molar-refractivity contribution is -0.120. The zero-order chi connectivity index (χ0) is 24.6. The Morgan fingerprint density at radius 3 is 2.03 bits per heavy atom. The Morgan fingerprint density at radius 1 is 0.706 bits per heavy atom. The first-order valence-electron chi connectivity index (χ1n) is 9.53. The van der Waals surface area contributed by atoms with E-state index in [4.69, 9.17) is 58.0 Å². The van der Waals surface area contributed by atoms with Crippen LogP contribution >= 0.6 is 58.0 Å². The second kappa shape index (κ2) is 9.86. The van der Waals surface area contributed by atoms with Crippen molar-refractivity contribution in [2.24, 2.45) is 0 Å². The molecule has 3 aromatic carbocycles. The number of nitrogens with one attached hydrogen (secondary N) is 2. The molecule has 1 heterocycles. The number of amides is 3. The third-order valence-corrected chi connectivity index (χ3v) is 6.41. The number of carbonyl (C=O) groups excluding carboxylic acids is 3. The van der Waals surface area contributed by atoms with Gasteiger partial charge in [0.1, 0.15) is 10.7 Å². The molecule has 0 saturated carbocycles. The molecule has 4 rings (SSSR count). The van der Waals surface area contributed by atoms with Gasteiger partial charge in [-0.25, -0.2) is 4.90 Å². The van der Waals surface area contributed by atoms with Crippen LogP contribution in [0, 0.1) is 0 Å². The van der Waals surface area contributed by atoms with Crippen molar-refractivity contribution in [1.82, 2.24) is 0 Å². The number of hydrogen-bond donors (Lipinski definition) is 2. The maximum atomic E-state index is 12.9. The van der Waals surface area contributed by atoms with Gasteiger partial charge >= 0.3 is 0 Å². The van der Waals surface area contributed by atoms with Crippen molar-refractivity contribution in [2.45, 2.75) is 0 Å². The van der Waals surface area contributed by atoms with E-state index in [0.717, 1.165) is 4.90 Å². The Hall–Kier alpha value is -2.74. The number of carbonyl (C=O) groups is 3. The summed E-state index contributed by atoms with van der Waals surface area (Å²) in [4.78, 5) is 38.9. The van der Waals surface area contributed by atoms with E-state index >= 15 is 0 Å². The van der Waals surface area contributed by atoms with Crippen LogP contribution in [0.3, 0.4) is 0 Å². The molecule has 1 aliphatic heterocycles. The standard InChI is InChI=1S/C23H12Cl5N3O3/c24-12-3-7-16(26)18(9-12)31-22(33)19(28)20(23(31)34)29-13-4-1-11(2-5-13)21(32)30-14-6-8-15(25)17(27)10-14/h1-10,29H,(H,30,32). The van der Waals surface area contributed by atoms with Crippen LogP contribution in [0.1, 0.15) is 10.4 Å². The topological polar surface area (TPSA) is 78.5 Å². The summed E-state index contributed by atoms with van der Waals surface area (Å²) in [6.07, 6.45) is 0. The Morgan fingerprint density at radius 2 is 1.35 bits per heavy atom. The van der Waals surface area contributed by atoms with Gasteiger partial charge in [0.2, 0.25) is 0 Å². The fraction of sp³-hybridized carbons (Fsp3) is 0. The van der Waals surface area contributed by atoms with Gasteiger partial charge in [-0.3, -0.25) is 14.4 Å². The maximum Gasteiger partial charge on any atom is 0.283 e. The molecular formula is C23H12Cl5N3O3. The number of hydrogen-bond acceptors (Lipinski definition) is 4. The van der Waals surface area contributed by atoms with Crippen molar-refractivity contribution in [3.05, 3.63) is 97.0 Å². The van der Waals surface area contributed by atoms with Crippen molar-refractivity contribution >= 4 is 92.8 Å². The fourth-order valence-electron chi connectivity index (χ4n) is 3.11.